The average molecular weight is 338 g/mol. The van der Waals surface area contributed by atoms with E-state index >= 15 is 0 Å². The van der Waals surface area contributed by atoms with Gasteiger partial charge in [0.25, 0.3) is 0 Å². The summed E-state index contributed by atoms with van der Waals surface area (Å²) in [5.74, 6) is 2.35. The van der Waals surface area contributed by atoms with E-state index in [1.54, 1.807) is 18.7 Å². The smallest absolute Gasteiger partial charge is 0.159 e. The molecular weight excluding hydrogens is 316 g/mol. The van der Waals surface area contributed by atoms with Gasteiger partial charge in [-0.25, -0.2) is 9.97 Å². The normalized spacial score (nSPS) is 17.6. The number of rotatable bonds is 5. The van der Waals surface area contributed by atoms with Gasteiger partial charge in [-0.1, -0.05) is 0 Å². The van der Waals surface area contributed by atoms with E-state index in [4.69, 9.17) is 9.72 Å². The Morgan fingerprint density at radius 1 is 1.36 bits per heavy atom. The van der Waals surface area contributed by atoms with Crippen LogP contribution >= 0.6 is 0 Å². The number of hydrogen-bond acceptors (Lipinski definition) is 6. The zero-order chi connectivity index (χ0) is 17.1. The van der Waals surface area contributed by atoms with Crippen LogP contribution in [-0.4, -0.2) is 45.3 Å². The minimum Gasteiger partial charge on any atom is -0.494 e. The predicted octanol–water partition coefficient (Wildman–Crippen LogP) is 2.38. The molecular formula is C18H22N6O. The summed E-state index contributed by atoms with van der Waals surface area (Å²) in [6, 6.07) is 6.27. The Morgan fingerprint density at radius 2 is 2.32 bits per heavy atom. The number of ether oxygens (including phenoxy) is 1. The molecule has 0 radical (unpaired) electrons. The molecule has 3 heterocycles. The zero-order valence-corrected chi connectivity index (χ0v) is 14.3. The third kappa shape index (κ3) is 3.41. The van der Waals surface area contributed by atoms with E-state index in [0.717, 1.165) is 47.9 Å². The van der Waals surface area contributed by atoms with Gasteiger partial charge in [-0.05, 0) is 38.4 Å². The molecule has 3 aromatic rings. The van der Waals surface area contributed by atoms with Gasteiger partial charge in [0.05, 0.1) is 30.0 Å². The number of aromatic nitrogens is 4. The van der Waals surface area contributed by atoms with E-state index < -0.39 is 0 Å². The molecule has 2 N–H and O–H groups in total. The van der Waals surface area contributed by atoms with Crippen molar-refractivity contribution in [2.75, 3.05) is 25.0 Å². The molecule has 1 aliphatic heterocycles. The largest absolute Gasteiger partial charge is 0.494 e. The Hall–Kier alpha value is -2.67. The first kappa shape index (κ1) is 15.8. The molecule has 1 aromatic carbocycles. The first-order valence-corrected chi connectivity index (χ1v) is 8.73. The molecule has 0 bridgehead atoms. The van der Waals surface area contributed by atoms with Gasteiger partial charge in [0, 0.05) is 18.7 Å². The van der Waals surface area contributed by atoms with Crippen molar-refractivity contribution in [1.82, 2.24) is 24.8 Å². The highest BCUT2D eigenvalue weighted by Crippen LogP contribution is 2.23. The Bertz CT molecular complexity index is 856. The van der Waals surface area contributed by atoms with E-state index in [0.29, 0.717) is 12.6 Å². The molecule has 0 amide bonds. The maximum atomic E-state index is 5.60. The SMILES string of the molecule is CCOc1ccc2ncn(-c3cncc(N[C@@H]4CCCNC4)n3)c2c1. The van der Waals surface area contributed by atoms with Crippen molar-refractivity contribution in [1.29, 1.82) is 0 Å². The second kappa shape index (κ2) is 7.06. The minimum absolute atomic E-state index is 0.391. The molecule has 0 saturated carbocycles. The molecule has 4 rings (SSSR count). The lowest BCUT2D eigenvalue weighted by atomic mass is 10.1. The molecule has 1 saturated heterocycles. The van der Waals surface area contributed by atoms with Crippen LogP contribution < -0.4 is 15.4 Å². The molecule has 1 atom stereocenters. The van der Waals surface area contributed by atoms with Gasteiger partial charge < -0.3 is 15.4 Å². The number of fused-ring (bicyclic) bond motifs is 1. The number of anilines is 1. The van der Waals surface area contributed by atoms with Crippen molar-refractivity contribution >= 4 is 16.9 Å². The van der Waals surface area contributed by atoms with Gasteiger partial charge in [-0.3, -0.25) is 9.55 Å². The number of hydrogen-bond donors (Lipinski definition) is 2. The van der Waals surface area contributed by atoms with Gasteiger partial charge >= 0.3 is 0 Å². The fourth-order valence-corrected chi connectivity index (χ4v) is 3.15. The van der Waals surface area contributed by atoms with Gasteiger partial charge in [0.2, 0.25) is 0 Å². The quantitative estimate of drug-likeness (QED) is 0.744. The third-order valence-corrected chi connectivity index (χ3v) is 4.35. The van der Waals surface area contributed by atoms with Crippen LogP contribution in [0.4, 0.5) is 5.82 Å². The Labute approximate surface area is 146 Å². The lowest BCUT2D eigenvalue weighted by molar-refractivity contribution is 0.340. The van der Waals surface area contributed by atoms with Gasteiger partial charge in [-0.2, -0.15) is 0 Å². The van der Waals surface area contributed by atoms with E-state index in [-0.39, 0.29) is 0 Å². The molecule has 7 heteroatoms. The molecule has 0 unspecified atom stereocenters. The van der Waals surface area contributed by atoms with E-state index in [2.05, 4.69) is 20.6 Å². The number of nitrogens with one attached hydrogen (secondary N) is 2. The maximum Gasteiger partial charge on any atom is 0.159 e. The maximum absolute atomic E-state index is 5.60. The van der Waals surface area contributed by atoms with Crippen molar-refractivity contribution < 1.29 is 4.74 Å². The van der Waals surface area contributed by atoms with Gasteiger partial charge in [0.15, 0.2) is 5.82 Å². The summed E-state index contributed by atoms with van der Waals surface area (Å²) < 4.78 is 7.54. The minimum atomic E-state index is 0.391. The highest BCUT2D eigenvalue weighted by molar-refractivity contribution is 5.78. The molecule has 2 aromatic heterocycles. The molecule has 0 spiro atoms. The summed E-state index contributed by atoms with van der Waals surface area (Å²) in [6.07, 6.45) is 7.61. The molecule has 7 nitrogen and oxygen atoms in total. The van der Waals surface area contributed by atoms with Crippen molar-refractivity contribution in [2.45, 2.75) is 25.8 Å². The zero-order valence-electron chi connectivity index (χ0n) is 14.3. The molecule has 0 aliphatic carbocycles. The summed E-state index contributed by atoms with van der Waals surface area (Å²) in [6.45, 7) is 4.65. The Balaban J connectivity index is 1.63. The third-order valence-electron chi connectivity index (χ3n) is 4.35. The highest BCUT2D eigenvalue weighted by atomic mass is 16.5. The summed E-state index contributed by atoms with van der Waals surface area (Å²) in [5.41, 5.74) is 1.86. The van der Waals surface area contributed by atoms with Crippen LogP contribution in [0.15, 0.2) is 36.9 Å². The van der Waals surface area contributed by atoms with Crippen LogP contribution in [0.3, 0.4) is 0 Å². The summed E-state index contributed by atoms with van der Waals surface area (Å²) in [7, 11) is 0. The fourth-order valence-electron chi connectivity index (χ4n) is 3.15. The number of piperidine rings is 1. The highest BCUT2D eigenvalue weighted by Gasteiger charge is 2.14. The predicted molar refractivity (Wildman–Crippen MR) is 97.3 cm³/mol. The van der Waals surface area contributed by atoms with Crippen molar-refractivity contribution in [3.63, 3.8) is 0 Å². The van der Waals surface area contributed by atoms with E-state index in [1.807, 2.05) is 29.7 Å². The summed E-state index contributed by atoms with van der Waals surface area (Å²) in [5, 5.41) is 6.87. The van der Waals surface area contributed by atoms with Crippen LogP contribution in [0.2, 0.25) is 0 Å². The standard InChI is InChI=1S/C18H22N6O/c1-2-25-14-5-6-15-16(8-14)24(12-21-15)18-11-20-10-17(23-18)22-13-4-3-7-19-9-13/h5-6,8,10-13,19H,2-4,7,9H2,1H3,(H,22,23)/t13-/m1/s1. The van der Waals surface area contributed by atoms with E-state index in [9.17, 15) is 0 Å². The number of imidazole rings is 1. The van der Waals surface area contributed by atoms with Crippen LogP contribution in [-0.2, 0) is 0 Å². The molecule has 25 heavy (non-hydrogen) atoms. The molecule has 1 aliphatic rings. The summed E-state index contributed by atoms with van der Waals surface area (Å²) >= 11 is 0. The fraction of sp³-hybridized carbons (Fsp3) is 0.389. The van der Waals surface area contributed by atoms with Crippen molar-refractivity contribution in [3.05, 3.63) is 36.9 Å². The first-order chi connectivity index (χ1) is 12.3. The first-order valence-electron chi connectivity index (χ1n) is 8.73. The van der Waals surface area contributed by atoms with E-state index in [1.165, 1.54) is 6.42 Å². The topological polar surface area (TPSA) is 76.9 Å². The van der Waals surface area contributed by atoms with Crippen LogP contribution in [0.5, 0.6) is 5.75 Å². The van der Waals surface area contributed by atoms with Gasteiger partial charge in [-0.15, -0.1) is 0 Å². The lowest BCUT2D eigenvalue weighted by Crippen LogP contribution is -2.38. The second-order valence-electron chi connectivity index (χ2n) is 6.15. The average Bonchev–Trinajstić information content (AvgIpc) is 3.06. The van der Waals surface area contributed by atoms with Crippen LogP contribution in [0.25, 0.3) is 16.9 Å². The molecule has 1 fully saturated rings. The number of nitrogens with zero attached hydrogens (tertiary/aromatic N) is 4. The Morgan fingerprint density at radius 3 is 3.16 bits per heavy atom. The monoisotopic (exact) mass is 338 g/mol. The number of benzene rings is 1. The second-order valence-corrected chi connectivity index (χ2v) is 6.15. The van der Waals surface area contributed by atoms with Crippen LogP contribution in [0.1, 0.15) is 19.8 Å². The van der Waals surface area contributed by atoms with Crippen molar-refractivity contribution in [3.8, 4) is 11.6 Å². The molecule has 130 valence electrons. The lowest BCUT2D eigenvalue weighted by Gasteiger charge is -2.24. The van der Waals surface area contributed by atoms with Crippen LogP contribution in [0, 0.1) is 0 Å². The Kier molecular flexibility index (Phi) is 4.47. The van der Waals surface area contributed by atoms with Gasteiger partial charge in [0.1, 0.15) is 17.9 Å². The van der Waals surface area contributed by atoms with Crippen molar-refractivity contribution in [2.24, 2.45) is 0 Å². The summed E-state index contributed by atoms with van der Waals surface area (Å²) in [4.78, 5) is 13.5.